The predicted molar refractivity (Wildman–Crippen MR) is 87.0 cm³/mol. The molecule has 0 aliphatic heterocycles. The molecule has 0 aliphatic carbocycles. The minimum atomic E-state index is -0.743. The van der Waals surface area contributed by atoms with Crippen LogP contribution in [0.4, 0.5) is 0 Å². The van der Waals surface area contributed by atoms with Crippen LogP contribution in [0.1, 0.15) is 0 Å². The first-order valence-electron chi connectivity index (χ1n) is 6.62. The van der Waals surface area contributed by atoms with Crippen LogP contribution in [-0.2, 0) is 0 Å². The maximum Gasteiger partial charge on any atom is 0.0439 e. The monoisotopic (exact) mass is 286 g/mol. The summed E-state index contributed by atoms with van der Waals surface area (Å²) >= 11 is 0. The standard InChI is InChI=1S/C12H30Si4/c1-15(2,3)11-9-13-7-8-14-10-12-16(4,5)6/h7-12H2,1-6H3. The van der Waals surface area contributed by atoms with Crippen LogP contribution >= 0.6 is 0 Å². The molecule has 0 aromatic carbocycles. The van der Waals surface area contributed by atoms with Crippen molar-refractivity contribution in [2.75, 3.05) is 0 Å². The van der Waals surface area contributed by atoms with Gasteiger partial charge in [-0.3, -0.25) is 0 Å². The van der Waals surface area contributed by atoms with Crippen molar-refractivity contribution in [3.05, 3.63) is 0 Å². The summed E-state index contributed by atoms with van der Waals surface area (Å²) in [6.45, 7) is 15.0. The highest BCUT2D eigenvalue weighted by molar-refractivity contribution is 6.77. The Morgan fingerprint density at radius 3 is 1.12 bits per heavy atom. The molecule has 94 valence electrons. The van der Waals surface area contributed by atoms with Crippen molar-refractivity contribution in [2.45, 2.75) is 75.5 Å². The summed E-state index contributed by atoms with van der Waals surface area (Å²) in [5.74, 6) is 0. The molecule has 0 atom stereocenters. The molecule has 16 heavy (non-hydrogen) atoms. The first kappa shape index (κ1) is 16.9. The summed E-state index contributed by atoms with van der Waals surface area (Å²) in [4.78, 5) is 0. The third-order valence-electron chi connectivity index (χ3n) is 2.58. The molecule has 0 saturated heterocycles. The third-order valence-corrected chi connectivity index (χ3v) is 10.00. The molecular weight excluding hydrogens is 256 g/mol. The Balaban J connectivity index is 3.17. The lowest BCUT2D eigenvalue weighted by Gasteiger charge is -2.15. The van der Waals surface area contributed by atoms with Crippen molar-refractivity contribution in [2.24, 2.45) is 0 Å². The van der Waals surface area contributed by atoms with Gasteiger partial charge in [0, 0.05) is 35.2 Å². The normalized spacial score (nSPS) is 13.1. The lowest BCUT2D eigenvalue weighted by atomic mass is 10.9. The van der Waals surface area contributed by atoms with Gasteiger partial charge in [-0.2, -0.15) is 0 Å². The lowest BCUT2D eigenvalue weighted by Crippen LogP contribution is -2.20. The SMILES string of the molecule is C[Si](C)(C)CC[Si]CC[Si]CC[Si](C)(C)C. The lowest BCUT2D eigenvalue weighted by molar-refractivity contribution is 1.26. The second kappa shape index (κ2) is 8.05. The van der Waals surface area contributed by atoms with Crippen LogP contribution in [-0.4, -0.2) is 35.2 Å². The highest BCUT2D eigenvalue weighted by Crippen LogP contribution is 2.14. The number of rotatable bonds is 9. The summed E-state index contributed by atoms with van der Waals surface area (Å²) in [6.07, 6.45) is 0. The molecule has 0 amide bonds. The van der Waals surface area contributed by atoms with Gasteiger partial charge < -0.3 is 0 Å². The minimum Gasteiger partial charge on any atom is -0.0696 e. The van der Waals surface area contributed by atoms with Crippen LogP contribution in [0.5, 0.6) is 0 Å². The van der Waals surface area contributed by atoms with E-state index in [4.69, 9.17) is 0 Å². The molecule has 0 aromatic rings. The molecule has 0 heterocycles. The van der Waals surface area contributed by atoms with Crippen LogP contribution in [0.3, 0.4) is 0 Å². The van der Waals surface area contributed by atoms with Gasteiger partial charge in [0.25, 0.3) is 0 Å². The molecule has 0 unspecified atom stereocenters. The molecule has 0 spiro atoms. The van der Waals surface area contributed by atoms with Gasteiger partial charge in [-0.15, -0.1) is 0 Å². The number of hydrogen-bond donors (Lipinski definition) is 0. The van der Waals surface area contributed by atoms with Gasteiger partial charge in [-0.25, -0.2) is 0 Å². The van der Waals surface area contributed by atoms with Crippen LogP contribution in [0.25, 0.3) is 0 Å². The maximum atomic E-state index is 2.49. The first-order chi connectivity index (χ1) is 7.21. The summed E-state index contributed by atoms with van der Waals surface area (Å²) in [7, 11) is 1.03. The first-order valence-corrected chi connectivity index (χ1v) is 16.9. The fourth-order valence-corrected chi connectivity index (χ4v) is 10.7. The van der Waals surface area contributed by atoms with E-state index in [-0.39, 0.29) is 0 Å². The highest BCUT2D eigenvalue weighted by atomic mass is 28.3. The van der Waals surface area contributed by atoms with Gasteiger partial charge in [0.2, 0.25) is 0 Å². The Kier molecular flexibility index (Phi) is 8.49. The average Bonchev–Trinajstić information content (AvgIpc) is 2.06. The third kappa shape index (κ3) is 14.9. The van der Waals surface area contributed by atoms with Crippen LogP contribution in [0, 0.1) is 0 Å². The van der Waals surface area contributed by atoms with Gasteiger partial charge in [0.1, 0.15) is 0 Å². The van der Waals surface area contributed by atoms with Crippen molar-refractivity contribution < 1.29 is 0 Å². The Hall–Kier alpha value is 0.868. The van der Waals surface area contributed by atoms with Gasteiger partial charge in [-0.05, 0) is 0 Å². The second-order valence-electron chi connectivity index (χ2n) is 7.12. The van der Waals surface area contributed by atoms with E-state index < -0.39 is 16.1 Å². The minimum absolute atomic E-state index is 0.743. The predicted octanol–water partition coefficient (Wildman–Crippen LogP) is 4.74. The Labute approximate surface area is 111 Å². The van der Waals surface area contributed by atoms with Crippen molar-refractivity contribution in [3.8, 4) is 0 Å². The van der Waals surface area contributed by atoms with Crippen molar-refractivity contribution >= 4 is 35.2 Å². The van der Waals surface area contributed by atoms with Crippen LogP contribution in [0.15, 0.2) is 0 Å². The second-order valence-corrected chi connectivity index (χ2v) is 21.4. The van der Waals surface area contributed by atoms with Crippen LogP contribution in [0.2, 0.25) is 75.5 Å². The fourth-order valence-electron chi connectivity index (χ4n) is 1.35. The number of hydrogen-bond acceptors (Lipinski definition) is 0. The summed E-state index contributed by atoms with van der Waals surface area (Å²) in [5.41, 5.74) is 0. The maximum absolute atomic E-state index is 2.49. The molecule has 0 nitrogen and oxygen atoms in total. The Morgan fingerprint density at radius 1 is 0.562 bits per heavy atom. The molecule has 0 N–H and O–H groups in total. The van der Waals surface area contributed by atoms with E-state index in [1.165, 1.54) is 43.2 Å². The Bertz CT molecular complexity index is 147. The van der Waals surface area contributed by atoms with Crippen molar-refractivity contribution in [1.29, 1.82) is 0 Å². The smallest absolute Gasteiger partial charge is 0.0439 e. The molecule has 0 saturated carbocycles. The highest BCUT2D eigenvalue weighted by Gasteiger charge is 2.12. The van der Waals surface area contributed by atoms with Gasteiger partial charge in [0.05, 0.1) is 0 Å². The summed E-state index contributed by atoms with van der Waals surface area (Å²) < 4.78 is 0. The van der Waals surface area contributed by atoms with E-state index >= 15 is 0 Å². The molecule has 4 heteroatoms. The van der Waals surface area contributed by atoms with E-state index in [0.717, 1.165) is 0 Å². The van der Waals surface area contributed by atoms with E-state index in [1.54, 1.807) is 12.1 Å². The molecule has 0 rings (SSSR count). The summed E-state index contributed by atoms with van der Waals surface area (Å²) in [5, 5.41) is 0. The topological polar surface area (TPSA) is 0 Å². The molecule has 0 bridgehead atoms. The Morgan fingerprint density at radius 2 is 0.875 bits per heavy atom. The molecule has 4 radical (unpaired) electrons. The zero-order valence-electron chi connectivity index (χ0n) is 12.2. The van der Waals surface area contributed by atoms with E-state index in [0.29, 0.717) is 0 Å². The average molecular weight is 287 g/mol. The van der Waals surface area contributed by atoms with Gasteiger partial charge in [-0.1, -0.05) is 75.5 Å². The molecule has 0 aliphatic rings. The van der Waals surface area contributed by atoms with Crippen LogP contribution < -0.4 is 0 Å². The molecular formula is C12H30Si4. The zero-order chi connectivity index (χ0) is 12.7. The summed E-state index contributed by atoms with van der Waals surface area (Å²) in [6, 6.07) is 9.18. The van der Waals surface area contributed by atoms with E-state index in [1.807, 2.05) is 0 Å². The zero-order valence-corrected chi connectivity index (χ0v) is 16.2. The van der Waals surface area contributed by atoms with Crippen molar-refractivity contribution in [1.82, 2.24) is 0 Å². The fraction of sp³-hybridized carbons (Fsp3) is 1.00. The molecule has 0 aromatic heterocycles. The van der Waals surface area contributed by atoms with Gasteiger partial charge in [0.15, 0.2) is 0 Å². The van der Waals surface area contributed by atoms with E-state index in [9.17, 15) is 0 Å². The largest absolute Gasteiger partial charge is 0.0696 e. The van der Waals surface area contributed by atoms with Crippen molar-refractivity contribution in [3.63, 3.8) is 0 Å². The quantitative estimate of drug-likeness (QED) is 0.424. The van der Waals surface area contributed by atoms with E-state index in [2.05, 4.69) is 39.3 Å². The molecule has 0 fully saturated rings. The van der Waals surface area contributed by atoms with Gasteiger partial charge >= 0.3 is 0 Å².